The molecule has 6 rings (SSSR count). The maximum Gasteiger partial charge on any atom is 0.251 e. The number of ether oxygens (including phenoxy) is 2. The molecule has 10 nitrogen and oxygen atoms in total. The molecule has 1 saturated heterocycles. The minimum absolute atomic E-state index is 0.106. The summed E-state index contributed by atoms with van der Waals surface area (Å²) >= 11 is 0. The first kappa shape index (κ1) is 27.3. The molecule has 0 radical (unpaired) electrons. The quantitative estimate of drug-likeness (QED) is 0.382. The SMILES string of the molecule is C[C@@H]1CN(c2cccc(-c3cnc4cnc(CNC(=O)c5ccc6c(c5)S(=O)(=O)CCOC6)cc4n3)c2)C[C@H](C)O1. The highest BCUT2D eigenvalue weighted by atomic mass is 32.2. The van der Waals surface area contributed by atoms with E-state index < -0.39 is 15.7 Å². The van der Waals surface area contributed by atoms with Gasteiger partial charge in [-0.1, -0.05) is 18.2 Å². The first-order valence-corrected chi connectivity index (χ1v) is 15.2. The van der Waals surface area contributed by atoms with E-state index in [2.05, 4.69) is 46.2 Å². The third-order valence-corrected chi connectivity index (χ3v) is 9.01. The molecule has 2 atom stereocenters. The number of amides is 1. The van der Waals surface area contributed by atoms with Gasteiger partial charge in [0.15, 0.2) is 9.84 Å². The number of carbonyl (C=O) groups excluding carboxylic acids is 1. The molecule has 11 heteroatoms. The zero-order valence-corrected chi connectivity index (χ0v) is 23.7. The van der Waals surface area contributed by atoms with Gasteiger partial charge in [-0.15, -0.1) is 0 Å². The van der Waals surface area contributed by atoms with Crippen molar-refractivity contribution in [3.63, 3.8) is 0 Å². The number of hydrogen-bond acceptors (Lipinski definition) is 9. The van der Waals surface area contributed by atoms with Crippen LogP contribution in [0.2, 0.25) is 0 Å². The number of carbonyl (C=O) groups is 1. The summed E-state index contributed by atoms with van der Waals surface area (Å²) in [7, 11) is -3.51. The molecule has 2 aromatic carbocycles. The molecule has 4 heterocycles. The van der Waals surface area contributed by atoms with Gasteiger partial charge >= 0.3 is 0 Å². The predicted octanol–water partition coefficient (Wildman–Crippen LogP) is 3.54. The van der Waals surface area contributed by atoms with Crippen molar-refractivity contribution in [1.82, 2.24) is 20.3 Å². The van der Waals surface area contributed by atoms with Gasteiger partial charge in [0.05, 0.1) is 71.9 Å². The van der Waals surface area contributed by atoms with Crippen LogP contribution in [-0.4, -0.2) is 66.9 Å². The van der Waals surface area contributed by atoms with Crippen LogP contribution in [0.25, 0.3) is 22.3 Å². The van der Waals surface area contributed by atoms with E-state index in [0.717, 1.165) is 30.0 Å². The smallest absolute Gasteiger partial charge is 0.251 e. The lowest BCUT2D eigenvalue weighted by Gasteiger charge is -2.37. The Kier molecular flexibility index (Phi) is 7.41. The van der Waals surface area contributed by atoms with Crippen molar-refractivity contribution in [3.8, 4) is 11.3 Å². The van der Waals surface area contributed by atoms with E-state index in [9.17, 15) is 13.2 Å². The Morgan fingerprint density at radius 1 is 1.02 bits per heavy atom. The Hall–Kier alpha value is -3.93. The first-order valence-electron chi connectivity index (χ1n) is 13.6. The van der Waals surface area contributed by atoms with Crippen LogP contribution in [0.15, 0.2) is 65.8 Å². The highest BCUT2D eigenvalue weighted by Crippen LogP contribution is 2.27. The molecule has 0 saturated carbocycles. The van der Waals surface area contributed by atoms with Crippen molar-refractivity contribution in [2.45, 2.75) is 44.1 Å². The molecule has 1 N–H and O–H groups in total. The van der Waals surface area contributed by atoms with Gasteiger partial charge in [-0.3, -0.25) is 14.8 Å². The van der Waals surface area contributed by atoms with Crippen molar-refractivity contribution >= 4 is 32.5 Å². The lowest BCUT2D eigenvalue weighted by Crippen LogP contribution is -2.45. The van der Waals surface area contributed by atoms with E-state index in [1.54, 1.807) is 30.6 Å². The highest BCUT2D eigenvalue weighted by molar-refractivity contribution is 7.91. The first-order chi connectivity index (χ1) is 19.7. The second kappa shape index (κ2) is 11.2. The van der Waals surface area contributed by atoms with Crippen LogP contribution in [0, 0.1) is 0 Å². The van der Waals surface area contributed by atoms with E-state index in [1.165, 1.54) is 6.07 Å². The zero-order valence-electron chi connectivity index (χ0n) is 22.9. The molecule has 2 aliphatic heterocycles. The maximum absolute atomic E-state index is 12.9. The molecule has 0 aliphatic carbocycles. The number of nitrogens with zero attached hydrogens (tertiary/aromatic N) is 4. The van der Waals surface area contributed by atoms with Crippen molar-refractivity contribution in [2.24, 2.45) is 0 Å². The molecule has 0 unspecified atom stereocenters. The molecule has 212 valence electrons. The van der Waals surface area contributed by atoms with E-state index >= 15 is 0 Å². The van der Waals surface area contributed by atoms with Gasteiger partial charge in [-0.25, -0.2) is 13.4 Å². The third kappa shape index (κ3) is 5.92. The van der Waals surface area contributed by atoms with Gasteiger partial charge in [0.25, 0.3) is 5.91 Å². The molecular weight excluding hydrogens is 542 g/mol. The van der Waals surface area contributed by atoms with Crippen molar-refractivity contribution in [2.75, 3.05) is 30.3 Å². The summed E-state index contributed by atoms with van der Waals surface area (Å²) in [6.45, 7) is 6.31. The van der Waals surface area contributed by atoms with Crippen LogP contribution in [0.4, 0.5) is 5.69 Å². The molecule has 0 spiro atoms. The summed E-state index contributed by atoms with van der Waals surface area (Å²) in [5, 5.41) is 2.84. The number of anilines is 1. The topological polar surface area (TPSA) is 124 Å². The lowest BCUT2D eigenvalue weighted by atomic mass is 10.1. The van der Waals surface area contributed by atoms with Crippen LogP contribution in [-0.2, 0) is 32.5 Å². The molecular formula is C30H31N5O5S. The number of hydrogen-bond donors (Lipinski definition) is 1. The summed E-state index contributed by atoms with van der Waals surface area (Å²) in [5.74, 6) is -0.496. The summed E-state index contributed by atoms with van der Waals surface area (Å²) in [4.78, 5) is 29.2. The van der Waals surface area contributed by atoms with Gasteiger partial charge in [0, 0.05) is 29.9 Å². The molecule has 2 aromatic heterocycles. The summed E-state index contributed by atoms with van der Waals surface area (Å²) in [6.07, 6.45) is 3.70. The van der Waals surface area contributed by atoms with Crippen molar-refractivity contribution in [3.05, 3.63) is 77.7 Å². The Morgan fingerprint density at radius 2 is 1.85 bits per heavy atom. The number of fused-ring (bicyclic) bond motifs is 2. The summed E-state index contributed by atoms with van der Waals surface area (Å²) in [5.41, 5.74) is 5.56. The normalized spacial score (nSPS) is 20.3. The Labute approximate surface area is 238 Å². The van der Waals surface area contributed by atoms with E-state index in [4.69, 9.17) is 14.5 Å². The van der Waals surface area contributed by atoms with Crippen molar-refractivity contribution in [1.29, 1.82) is 0 Å². The minimum Gasteiger partial charge on any atom is -0.376 e. The predicted molar refractivity (Wildman–Crippen MR) is 154 cm³/mol. The number of rotatable bonds is 5. The fourth-order valence-corrected chi connectivity index (χ4v) is 6.67. The average molecular weight is 574 g/mol. The Bertz CT molecular complexity index is 1720. The fraction of sp³-hybridized carbons (Fsp3) is 0.333. The van der Waals surface area contributed by atoms with Gasteiger partial charge < -0.3 is 19.7 Å². The Balaban J connectivity index is 1.19. The zero-order chi connectivity index (χ0) is 28.6. The Morgan fingerprint density at radius 3 is 2.68 bits per heavy atom. The number of benzene rings is 2. The van der Waals surface area contributed by atoms with Gasteiger partial charge in [0.2, 0.25) is 0 Å². The van der Waals surface area contributed by atoms with Gasteiger partial charge in [0.1, 0.15) is 5.52 Å². The third-order valence-electron chi connectivity index (χ3n) is 7.26. The standard InChI is InChI=1S/C30H31N5O5S/c1-19-16-35(17-20(2)40-19)25-5-3-4-21(10-25)27-14-32-28-15-31-24(12-26(28)34-27)13-33-30(36)22-6-7-23-18-39-8-9-41(37,38)29(23)11-22/h3-7,10-12,14-15,19-20H,8-9,13,16-18H2,1-2H3,(H,33,36)/t19-,20+. The second-order valence-corrected chi connectivity index (χ2v) is 12.6. The van der Waals surface area contributed by atoms with Gasteiger partial charge in [-0.05, 0) is 49.7 Å². The fourth-order valence-electron chi connectivity index (χ4n) is 5.28. The van der Waals surface area contributed by atoms with E-state index in [1.807, 2.05) is 12.1 Å². The monoisotopic (exact) mass is 573 g/mol. The molecule has 1 amide bonds. The molecule has 2 aliphatic rings. The summed E-state index contributed by atoms with van der Waals surface area (Å²) in [6, 6.07) is 14.7. The van der Waals surface area contributed by atoms with Gasteiger partial charge in [-0.2, -0.15) is 0 Å². The number of sulfone groups is 1. The van der Waals surface area contributed by atoms with Crippen LogP contribution >= 0.6 is 0 Å². The molecule has 4 aromatic rings. The van der Waals surface area contributed by atoms with Crippen LogP contribution in [0.3, 0.4) is 0 Å². The number of nitrogens with one attached hydrogen (secondary N) is 1. The number of morpholine rings is 1. The highest BCUT2D eigenvalue weighted by Gasteiger charge is 2.24. The average Bonchev–Trinajstić information content (AvgIpc) is 3.12. The number of aromatic nitrogens is 3. The largest absolute Gasteiger partial charge is 0.376 e. The molecule has 0 bridgehead atoms. The van der Waals surface area contributed by atoms with E-state index in [-0.39, 0.29) is 48.2 Å². The maximum atomic E-state index is 12.9. The minimum atomic E-state index is -3.51. The molecule has 41 heavy (non-hydrogen) atoms. The number of pyridine rings is 1. The van der Waals surface area contributed by atoms with Crippen LogP contribution in [0.5, 0.6) is 0 Å². The molecule has 1 fully saturated rings. The second-order valence-electron chi connectivity index (χ2n) is 10.5. The van der Waals surface area contributed by atoms with Crippen molar-refractivity contribution < 1.29 is 22.7 Å². The summed E-state index contributed by atoms with van der Waals surface area (Å²) < 4.78 is 36.4. The van der Waals surface area contributed by atoms with E-state index in [0.29, 0.717) is 22.3 Å². The van der Waals surface area contributed by atoms with Crippen LogP contribution < -0.4 is 10.2 Å². The lowest BCUT2D eigenvalue weighted by molar-refractivity contribution is -0.00521. The van der Waals surface area contributed by atoms with Crippen LogP contribution in [0.1, 0.15) is 35.5 Å².